The first-order chi connectivity index (χ1) is 8.10. The molecule has 0 amide bonds. The lowest BCUT2D eigenvalue weighted by atomic mass is 9.91. The summed E-state index contributed by atoms with van der Waals surface area (Å²) in [7, 11) is 0. The quantitative estimate of drug-likeness (QED) is 0.786. The molecule has 1 fully saturated rings. The molecule has 0 N–H and O–H groups in total. The molecule has 5 heteroatoms. The van der Waals surface area contributed by atoms with Gasteiger partial charge in [0.2, 0.25) is 0 Å². The van der Waals surface area contributed by atoms with Crippen LogP contribution in [0.25, 0.3) is 0 Å². The summed E-state index contributed by atoms with van der Waals surface area (Å²) < 4.78 is 25.0. The van der Waals surface area contributed by atoms with Gasteiger partial charge in [-0.05, 0) is 19.1 Å². The SMILES string of the molecule is CCOC1C(Cl)CC1Oc1cc(F)cc(Br)c1. The monoisotopic (exact) mass is 322 g/mol. The van der Waals surface area contributed by atoms with Crippen molar-refractivity contribution in [3.63, 3.8) is 0 Å². The van der Waals surface area contributed by atoms with E-state index in [2.05, 4.69) is 15.9 Å². The Bertz CT molecular complexity index is 382. The summed E-state index contributed by atoms with van der Waals surface area (Å²) in [5.41, 5.74) is 0. The van der Waals surface area contributed by atoms with E-state index in [0.717, 1.165) is 6.42 Å². The Balaban J connectivity index is 2.01. The van der Waals surface area contributed by atoms with Gasteiger partial charge in [0.25, 0.3) is 0 Å². The molecule has 0 heterocycles. The third kappa shape index (κ3) is 3.12. The van der Waals surface area contributed by atoms with Crippen LogP contribution < -0.4 is 4.74 Å². The van der Waals surface area contributed by atoms with E-state index in [4.69, 9.17) is 21.1 Å². The topological polar surface area (TPSA) is 18.5 Å². The van der Waals surface area contributed by atoms with Crippen molar-refractivity contribution in [3.05, 3.63) is 28.5 Å². The van der Waals surface area contributed by atoms with Crippen LogP contribution in [0.15, 0.2) is 22.7 Å². The average Bonchev–Trinajstić information content (AvgIpc) is 2.24. The van der Waals surface area contributed by atoms with E-state index >= 15 is 0 Å². The zero-order chi connectivity index (χ0) is 12.4. The van der Waals surface area contributed by atoms with Crippen molar-refractivity contribution in [1.29, 1.82) is 0 Å². The minimum absolute atomic E-state index is 0.0167. The maximum Gasteiger partial charge on any atom is 0.128 e. The van der Waals surface area contributed by atoms with Gasteiger partial charge in [-0.1, -0.05) is 15.9 Å². The van der Waals surface area contributed by atoms with Gasteiger partial charge in [0.15, 0.2) is 0 Å². The van der Waals surface area contributed by atoms with Gasteiger partial charge < -0.3 is 9.47 Å². The zero-order valence-electron chi connectivity index (χ0n) is 9.33. The second-order valence-electron chi connectivity index (χ2n) is 3.93. The normalized spacial score (nSPS) is 27.6. The van der Waals surface area contributed by atoms with Crippen LogP contribution in [0.4, 0.5) is 4.39 Å². The van der Waals surface area contributed by atoms with Gasteiger partial charge >= 0.3 is 0 Å². The molecule has 17 heavy (non-hydrogen) atoms. The first-order valence-corrected chi connectivity index (χ1v) is 6.71. The number of hydrogen-bond acceptors (Lipinski definition) is 2. The lowest BCUT2D eigenvalue weighted by Crippen LogP contribution is -2.52. The molecule has 1 aromatic carbocycles. The van der Waals surface area contributed by atoms with E-state index < -0.39 is 0 Å². The fourth-order valence-corrected chi connectivity index (χ4v) is 2.67. The van der Waals surface area contributed by atoms with E-state index in [1.807, 2.05) is 6.92 Å². The van der Waals surface area contributed by atoms with Crippen molar-refractivity contribution in [3.8, 4) is 5.75 Å². The van der Waals surface area contributed by atoms with Crippen molar-refractivity contribution in [2.75, 3.05) is 6.61 Å². The Morgan fingerprint density at radius 1 is 1.47 bits per heavy atom. The number of hydrogen-bond donors (Lipinski definition) is 0. The van der Waals surface area contributed by atoms with Gasteiger partial charge in [-0.25, -0.2) is 4.39 Å². The number of halogens is 3. The van der Waals surface area contributed by atoms with E-state index in [1.165, 1.54) is 12.1 Å². The molecule has 1 aliphatic carbocycles. The Morgan fingerprint density at radius 3 is 2.82 bits per heavy atom. The Hall–Kier alpha value is -0.320. The first kappa shape index (κ1) is 13.1. The molecular formula is C12H13BrClFO2. The predicted octanol–water partition coefficient (Wildman–Crippen LogP) is 3.75. The van der Waals surface area contributed by atoms with Crippen LogP contribution in [0.5, 0.6) is 5.75 Å². The first-order valence-electron chi connectivity index (χ1n) is 5.48. The lowest BCUT2D eigenvalue weighted by molar-refractivity contribution is -0.0760. The second-order valence-corrected chi connectivity index (χ2v) is 5.41. The van der Waals surface area contributed by atoms with Gasteiger partial charge in [0.1, 0.15) is 23.8 Å². The third-order valence-electron chi connectivity index (χ3n) is 2.66. The summed E-state index contributed by atoms with van der Waals surface area (Å²) in [5, 5.41) is -0.0167. The Labute approximate surface area is 113 Å². The molecule has 0 bridgehead atoms. The molecule has 1 saturated carbocycles. The fraction of sp³-hybridized carbons (Fsp3) is 0.500. The van der Waals surface area contributed by atoms with Crippen LogP contribution >= 0.6 is 27.5 Å². The van der Waals surface area contributed by atoms with Crippen LogP contribution in [0.3, 0.4) is 0 Å². The molecule has 0 saturated heterocycles. The summed E-state index contributed by atoms with van der Waals surface area (Å²) in [5.74, 6) is 0.166. The van der Waals surface area contributed by atoms with Crippen molar-refractivity contribution < 1.29 is 13.9 Å². The van der Waals surface area contributed by atoms with Crippen molar-refractivity contribution in [1.82, 2.24) is 0 Å². The van der Waals surface area contributed by atoms with Gasteiger partial charge in [-0.3, -0.25) is 0 Å². The summed E-state index contributed by atoms with van der Waals surface area (Å²) in [6.07, 6.45) is 0.523. The van der Waals surface area contributed by atoms with Crippen LogP contribution in [0.2, 0.25) is 0 Å². The minimum Gasteiger partial charge on any atom is -0.487 e. The molecule has 0 radical (unpaired) electrons. The molecule has 2 rings (SSSR count). The van der Waals surface area contributed by atoms with Gasteiger partial charge in [0, 0.05) is 23.6 Å². The van der Waals surface area contributed by atoms with Crippen LogP contribution in [0.1, 0.15) is 13.3 Å². The van der Waals surface area contributed by atoms with Crippen molar-refractivity contribution in [2.45, 2.75) is 30.9 Å². The highest BCUT2D eigenvalue weighted by Crippen LogP contribution is 2.33. The van der Waals surface area contributed by atoms with Gasteiger partial charge in [-0.15, -0.1) is 11.6 Å². The average molecular weight is 324 g/mol. The summed E-state index contributed by atoms with van der Waals surface area (Å²) >= 11 is 9.25. The molecule has 94 valence electrons. The molecule has 0 spiro atoms. The number of ether oxygens (including phenoxy) is 2. The standard InChI is InChI=1S/C12H13BrClFO2/c1-2-16-12-10(14)6-11(12)17-9-4-7(13)3-8(15)5-9/h3-5,10-12H,2,6H2,1H3. The van der Waals surface area contributed by atoms with E-state index in [0.29, 0.717) is 16.8 Å². The Morgan fingerprint density at radius 2 is 2.24 bits per heavy atom. The maximum atomic E-state index is 13.2. The molecular weight excluding hydrogens is 310 g/mol. The van der Waals surface area contributed by atoms with Crippen molar-refractivity contribution >= 4 is 27.5 Å². The van der Waals surface area contributed by atoms with E-state index in [-0.39, 0.29) is 23.4 Å². The van der Waals surface area contributed by atoms with Crippen LogP contribution in [-0.2, 0) is 4.74 Å². The molecule has 3 atom stereocenters. The van der Waals surface area contributed by atoms with E-state index in [1.54, 1.807) is 6.07 Å². The van der Waals surface area contributed by atoms with Crippen LogP contribution in [-0.4, -0.2) is 24.2 Å². The Kier molecular flexibility index (Phi) is 4.28. The molecule has 2 nitrogen and oxygen atoms in total. The highest BCUT2D eigenvalue weighted by atomic mass is 79.9. The zero-order valence-corrected chi connectivity index (χ0v) is 11.7. The molecule has 0 aromatic heterocycles. The highest BCUT2D eigenvalue weighted by Gasteiger charge is 2.42. The van der Waals surface area contributed by atoms with Crippen molar-refractivity contribution in [2.24, 2.45) is 0 Å². The maximum absolute atomic E-state index is 13.2. The molecule has 1 aromatic rings. The predicted molar refractivity (Wildman–Crippen MR) is 68.2 cm³/mol. The largest absolute Gasteiger partial charge is 0.487 e. The van der Waals surface area contributed by atoms with Gasteiger partial charge in [-0.2, -0.15) is 0 Å². The third-order valence-corrected chi connectivity index (χ3v) is 3.55. The van der Waals surface area contributed by atoms with Gasteiger partial charge in [0.05, 0.1) is 5.38 Å². The summed E-state index contributed by atoms with van der Waals surface area (Å²) in [6.45, 7) is 2.51. The number of benzene rings is 1. The highest BCUT2D eigenvalue weighted by molar-refractivity contribution is 9.10. The summed E-state index contributed by atoms with van der Waals surface area (Å²) in [6, 6.07) is 4.47. The molecule has 1 aliphatic rings. The van der Waals surface area contributed by atoms with E-state index in [9.17, 15) is 4.39 Å². The lowest BCUT2D eigenvalue weighted by Gasteiger charge is -2.40. The molecule has 0 aliphatic heterocycles. The summed E-state index contributed by atoms with van der Waals surface area (Å²) in [4.78, 5) is 0. The fourth-order valence-electron chi connectivity index (χ4n) is 1.82. The minimum atomic E-state index is -0.330. The second kappa shape index (κ2) is 5.55. The number of rotatable bonds is 4. The molecule has 3 unspecified atom stereocenters. The smallest absolute Gasteiger partial charge is 0.128 e. The van der Waals surface area contributed by atoms with Crippen LogP contribution in [0, 0.1) is 5.82 Å². The number of alkyl halides is 1.